The number of ether oxygens (including phenoxy) is 1. The summed E-state index contributed by atoms with van der Waals surface area (Å²) in [7, 11) is 0. The van der Waals surface area contributed by atoms with Crippen molar-refractivity contribution in [2.75, 3.05) is 6.54 Å². The Balaban J connectivity index is 1.92. The van der Waals surface area contributed by atoms with Gasteiger partial charge < -0.3 is 20.3 Å². The number of fused-ring (bicyclic) bond motifs is 1. The van der Waals surface area contributed by atoms with Gasteiger partial charge in [-0.05, 0) is 48.8 Å². The van der Waals surface area contributed by atoms with Crippen LogP contribution in [-0.2, 0) is 14.3 Å². The molecule has 2 fully saturated rings. The number of aliphatic hydroxyl groups excluding tert-OH is 1. The van der Waals surface area contributed by atoms with Crippen LogP contribution in [0.3, 0.4) is 0 Å². The Bertz CT molecular complexity index is 1220. The number of esters is 1. The monoisotopic (exact) mass is 550 g/mol. The maximum absolute atomic E-state index is 13.4. The fourth-order valence-electron chi connectivity index (χ4n) is 6.87. The summed E-state index contributed by atoms with van der Waals surface area (Å²) in [6.07, 6.45) is 3.93. The SMILES string of the molecule is C=C[C@]1(C)CC(OC(=O)CN/C=C(\N=N)c2cc(C#N)ccc2O)[C@](C)(C(C)CC)C2C(=O)CCC2C(C)[C@@H]1O. The van der Waals surface area contributed by atoms with Crippen molar-refractivity contribution in [3.05, 3.63) is 48.2 Å². The number of hydrogen-bond acceptors (Lipinski definition) is 9. The molecular formula is C31H42N4O5. The van der Waals surface area contributed by atoms with E-state index in [1.165, 1.54) is 24.4 Å². The number of phenols is 1. The van der Waals surface area contributed by atoms with Gasteiger partial charge in [-0.3, -0.25) is 9.59 Å². The highest BCUT2D eigenvalue weighted by Crippen LogP contribution is 2.57. The van der Waals surface area contributed by atoms with Crippen LogP contribution in [0.4, 0.5) is 0 Å². The van der Waals surface area contributed by atoms with Gasteiger partial charge in [0.05, 0.1) is 17.7 Å². The average Bonchev–Trinajstić information content (AvgIpc) is 3.34. The van der Waals surface area contributed by atoms with Gasteiger partial charge in [0.15, 0.2) is 0 Å². The third kappa shape index (κ3) is 5.68. The summed E-state index contributed by atoms with van der Waals surface area (Å²) in [6.45, 7) is 13.9. The van der Waals surface area contributed by atoms with E-state index < -0.39 is 29.0 Å². The molecule has 0 radical (unpaired) electrons. The summed E-state index contributed by atoms with van der Waals surface area (Å²) in [5, 5.41) is 37.0. The summed E-state index contributed by atoms with van der Waals surface area (Å²) in [6, 6.07) is 6.17. The molecule has 0 aromatic heterocycles. The Kier molecular flexibility index (Phi) is 9.57. The first-order valence-electron chi connectivity index (χ1n) is 14.0. The Morgan fingerprint density at radius 3 is 2.73 bits per heavy atom. The minimum atomic E-state index is -0.745. The number of nitrogens with one attached hydrogen (secondary N) is 2. The topological polar surface area (TPSA) is 156 Å². The van der Waals surface area contributed by atoms with E-state index in [-0.39, 0.29) is 58.6 Å². The molecule has 0 heterocycles. The second kappa shape index (κ2) is 12.3. The first-order chi connectivity index (χ1) is 18.9. The van der Waals surface area contributed by atoms with Crippen LogP contribution in [0.15, 0.2) is 42.2 Å². The lowest BCUT2D eigenvalue weighted by Crippen LogP contribution is -2.57. The van der Waals surface area contributed by atoms with Crippen molar-refractivity contribution in [3.8, 4) is 11.8 Å². The van der Waals surface area contributed by atoms with E-state index in [0.29, 0.717) is 19.3 Å². The van der Waals surface area contributed by atoms with Crippen LogP contribution in [0.5, 0.6) is 5.75 Å². The van der Waals surface area contributed by atoms with Gasteiger partial charge in [0, 0.05) is 34.9 Å². The van der Waals surface area contributed by atoms with Crippen molar-refractivity contribution >= 4 is 17.4 Å². The number of ketones is 1. The van der Waals surface area contributed by atoms with Crippen molar-refractivity contribution in [2.45, 2.75) is 72.5 Å². The van der Waals surface area contributed by atoms with E-state index in [0.717, 1.165) is 6.42 Å². The van der Waals surface area contributed by atoms with Crippen molar-refractivity contribution in [3.63, 3.8) is 0 Å². The van der Waals surface area contributed by atoms with Crippen molar-refractivity contribution < 1.29 is 24.5 Å². The lowest BCUT2D eigenvalue weighted by atomic mass is 9.53. The summed E-state index contributed by atoms with van der Waals surface area (Å²) < 4.78 is 6.17. The number of nitriles is 1. The van der Waals surface area contributed by atoms with Gasteiger partial charge in [-0.25, -0.2) is 5.53 Å². The molecule has 0 bridgehead atoms. The second-order valence-corrected chi connectivity index (χ2v) is 11.9. The molecule has 2 aliphatic rings. The Labute approximate surface area is 236 Å². The molecule has 9 heteroatoms. The Hall–Kier alpha value is -3.51. The number of aromatic hydroxyl groups is 1. The molecule has 4 N–H and O–H groups in total. The first-order valence-corrected chi connectivity index (χ1v) is 14.0. The number of phenolic OH excluding ortho intramolecular Hbond substituents is 1. The van der Waals surface area contributed by atoms with Gasteiger partial charge in [-0.15, -0.1) is 6.58 Å². The third-order valence-corrected chi connectivity index (χ3v) is 9.76. The molecule has 0 aliphatic heterocycles. The average molecular weight is 551 g/mol. The lowest BCUT2D eigenvalue weighted by molar-refractivity contribution is -0.180. The fraction of sp³-hybridized carbons (Fsp3) is 0.581. The first kappa shape index (κ1) is 31.0. The molecule has 1 aromatic rings. The van der Waals surface area contributed by atoms with Crippen LogP contribution >= 0.6 is 0 Å². The zero-order valence-electron chi connectivity index (χ0n) is 24.1. The van der Waals surface area contributed by atoms with E-state index in [2.05, 4.69) is 37.8 Å². The molecular weight excluding hydrogens is 508 g/mol. The minimum absolute atomic E-state index is 0.0265. The molecule has 0 amide bonds. The van der Waals surface area contributed by atoms with Crippen molar-refractivity contribution in [1.82, 2.24) is 5.32 Å². The lowest BCUT2D eigenvalue weighted by Gasteiger charge is -2.54. The molecule has 216 valence electrons. The number of aliphatic hydroxyl groups is 1. The van der Waals surface area contributed by atoms with Crippen LogP contribution in [0, 0.1) is 51.4 Å². The number of carbonyl (C=O) groups excluding carboxylic acids is 2. The van der Waals surface area contributed by atoms with Gasteiger partial charge in [0.25, 0.3) is 0 Å². The number of nitrogens with zero attached hydrogens (tertiary/aromatic N) is 2. The van der Waals surface area contributed by atoms with Gasteiger partial charge >= 0.3 is 5.97 Å². The van der Waals surface area contributed by atoms with Crippen LogP contribution in [-0.4, -0.2) is 40.7 Å². The fourth-order valence-corrected chi connectivity index (χ4v) is 6.87. The summed E-state index contributed by atoms with van der Waals surface area (Å²) in [5.74, 6) is -0.971. The predicted octanol–water partition coefficient (Wildman–Crippen LogP) is 5.34. The summed E-state index contributed by atoms with van der Waals surface area (Å²) in [5.41, 5.74) is 6.62. The highest BCUT2D eigenvalue weighted by Gasteiger charge is 2.60. The number of carbonyl (C=O) groups is 2. The maximum atomic E-state index is 13.4. The normalized spacial score (nSPS) is 33.1. The van der Waals surface area contributed by atoms with E-state index in [9.17, 15) is 19.8 Å². The molecule has 2 aliphatic carbocycles. The third-order valence-electron chi connectivity index (χ3n) is 9.76. The van der Waals surface area contributed by atoms with Crippen molar-refractivity contribution in [1.29, 1.82) is 10.8 Å². The highest BCUT2D eigenvalue weighted by molar-refractivity contribution is 5.84. The Morgan fingerprint density at radius 2 is 2.12 bits per heavy atom. The maximum Gasteiger partial charge on any atom is 0.325 e. The van der Waals surface area contributed by atoms with Gasteiger partial charge in [0.2, 0.25) is 0 Å². The van der Waals surface area contributed by atoms with Crippen LogP contribution in [0.1, 0.15) is 71.4 Å². The zero-order valence-corrected chi connectivity index (χ0v) is 24.1. The van der Waals surface area contributed by atoms with Crippen LogP contribution in [0.25, 0.3) is 5.70 Å². The molecule has 3 rings (SSSR count). The number of Topliss-reactive ketones (excluding diaryl/α,β-unsaturated/α-hetero) is 1. The minimum Gasteiger partial charge on any atom is -0.507 e. The van der Waals surface area contributed by atoms with E-state index in [1.807, 2.05) is 19.9 Å². The van der Waals surface area contributed by atoms with E-state index in [4.69, 9.17) is 15.5 Å². The molecule has 0 spiro atoms. The Morgan fingerprint density at radius 1 is 1.43 bits per heavy atom. The molecule has 2 saturated carbocycles. The van der Waals surface area contributed by atoms with Gasteiger partial charge in [-0.1, -0.05) is 47.1 Å². The summed E-state index contributed by atoms with van der Waals surface area (Å²) in [4.78, 5) is 26.6. The molecule has 5 unspecified atom stereocenters. The predicted molar refractivity (Wildman–Crippen MR) is 151 cm³/mol. The largest absolute Gasteiger partial charge is 0.507 e. The van der Waals surface area contributed by atoms with Crippen LogP contribution in [0.2, 0.25) is 0 Å². The molecule has 0 saturated heterocycles. The molecule has 8 atom stereocenters. The van der Waals surface area contributed by atoms with Crippen molar-refractivity contribution in [2.24, 2.45) is 39.6 Å². The van der Waals surface area contributed by atoms with E-state index in [1.54, 1.807) is 6.08 Å². The molecule has 9 nitrogen and oxygen atoms in total. The quantitative estimate of drug-likeness (QED) is 0.184. The highest BCUT2D eigenvalue weighted by atomic mass is 16.5. The van der Waals surface area contributed by atoms with E-state index >= 15 is 0 Å². The summed E-state index contributed by atoms with van der Waals surface area (Å²) >= 11 is 0. The zero-order chi connectivity index (χ0) is 29.8. The van der Waals surface area contributed by atoms with Crippen LogP contribution < -0.4 is 5.32 Å². The second-order valence-electron chi connectivity index (χ2n) is 11.9. The van der Waals surface area contributed by atoms with Gasteiger partial charge in [-0.2, -0.15) is 10.4 Å². The molecule has 40 heavy (non-hydrogen) atoms. The number of hydrogen-bond donors (Lipinski definition) is 4. The number of benzene rings is 1. The standard InChI is InChI=1S/C31H42N4O5/c1-7-18(3)31(6)26(14-30(5,8-2)29(39)19(4)21-10-12-25(37)28(21)31)40-27(38)17-34-16-23(35-33)22-13-20(15-32)9-11-24(22)36/h8-9,11,13,16,18-19,21,26,28-29,33-34,36,39H,2,7,10,12,14,17H2,1,3-6H3/b23-16-,35-33?/t18?,19?,21?,26?,28?,29-,30+,31-/m0/s1. The smallest absolute Gasteiger partial charge is 0.325 e. The molecule has 1 aromatic carbocycles. The van der Waals surface area contributed by atoms with Gasteiger partial charge in [0.1, 0.15) is 29.9 Å². The number of rotatable bonds is 9.